The van der Waals surface area contributed by atoms with E-state index >= 15 is 0 Å². The molecule has 0 atom stereocenters. The number of hydrogen-bond acceptors (Lipinski definition) is 7. The first-order chi connectivity index (χ1) is 18.1. The molecule has 1 aromatic carbocycles. The molecule has 1 N–H and O–H groups in total. The molecule has 1 saturated heterocycles. The maximum atomic E-state index is 13.8. The Balaban J connectivity index is 1.18. The Morgan fingerprint density at radius 3 is 2.81 bits per heavy atom. The van der Waals surface area contributed by atoms with Crippen LogP contribution in [0.2, 0.25) is 0 Å². The number of ether oxygens (including phenoxy) is 2. The fourth-order valence-corrected chi connectivity index (χ4v) is 4.15. The number of carbonyl (C=O) groups is 1. The zero-order valence-electron chi connectivity index (χ0n) is 20.2. The van der Waals surface area contributed by atoms with E-state index in [4.69, 9.17) is 9.47 Å². The zero-order valence-corrected chi connectivity index (χ0v) is 20.2. The van der Waals surface area contributed by atoms with E-state index in [1.807, 2.05) is 6.07 Å². The van der Waals surface area contributed by atoms with E-state index in [1.54, 1.807) is 35.0 Å². The summed E-state index contributed by atoms with van der Waals surface area (Å²) < 4.78 is 27.9. The third-order valence-electron chi connectivity index (χ3n) is 6.11. The Labute approximate surface area is 212 Å². The van der Waals surface area contributed by atoms with Crippen LogP contribution in [-0.2, 0) is 11.3 Å². The molecule has 0 saturated carbocycles. The van der Waals surface area contributed by atoms with Crippen LogP contribution in [0.4, 0.5) is 4.39 Å². The first-order valence-electron chi connectivity index (χ1n) is 12.1. The average molecular weight is 507 g/mol. The van der Waals surface area contributed by atoms with E-state index in [-0.39, 0.29) is 36.1 Å². The lowest BCUT2D eigenvalue weighted by atomic mass is 10.2. The highest BCUT2D eigenvalue weighted by Crippen LogP contribution is 2.20. The van der Waals surface area contributed by atoms with Gasteiger partial charge in [-0.1, -0.05) is 0 Å². The number of amides is 1. The minimum absolute atomic E-state index is 0.152. The third kappa shape index (κ3) is 6.01. The quantitative estimate of drug-likeness (QED) is 0.370. The van der Waals surface area contributed by atoms with E-state index in [0.717, 1.165) is 25.0 Å². The van der Waals surface area contributed by atoms with Crippen LogP contribution in [0.5, 0.6) is 5.75 Å². The van der Waals surface area contributed by atoms with Crippen molar-refractivity contribution in [1.82, 2.24) is 29.5 Å². The van der Waals surface area contributed by atoms with Gasteiger partial charge in [0.2, 0.25) is 0 Å². The Kier molecular flexibility index (Phi) is 7.52. The molecule has 1 aliphatic rings. The summed E-state index contributed by atoms with van der Waals surface area (Å²) in [4.78, 5) is 31.2. The molecule has 0 aliphatic carbocycles. The van der Waals surface area contributed by atoms with Crippen LogP contribution >= 0.6 is 0 Å². The molecule has 1 aliphatic heterocycles. The van der Waals surface area contributed by atoms with Crippen LogP contribution < -0.4 is 15.6 Å². The Morgan fingerprint density at radius 1 is 1.08 bits per heavy atom. The molecule has 0 radical (unpaired) electrons. The zero-order chi connectivity index (χ0) is 25.6. The Hall–Kier alpha value is -4.09. The van der Waals surface area contributed by atoms with Gasteiger partial charge in [-0.2, -0.15) is 5.10 Å². The topological polar surface area (TPSA) is 104 Å². The molecule has 10 nitrogen and oxygen atoms in total. The minimum atomic E-state index is -0.350. The molecule has 1 fully saturated rings. The summed E-state index contributed by atoms with van der Waals surface area (Å²) in [6.07, 6.45) is 3.29. The van der Waals surface area contributed by atoms with Crippen LogP contribution in [0.3, 0.4) is 0 Å². The highest BCUT2D eigenvalue weighted by molar-refractivity contribution is 5.92. The molecule has 192 valence electrons. The van der Waals surface area contributed by atoms with E-state index in [2.05, 4.69) is 20.3 Å². The molecule has 0 bridgehead atoms. The first-order valence-corrected chi connectivity index (χ1v) is 12.1. The van der Waals surface area contributed by atoms with Crippen molar-refractivity contribution in [3.63, 3.8) is 0 Å². The third-order valence-corrected chi connectivity index (χ3v) is 6.11. The van der Waals surface area contributed by atoms with Crippen molar-refractivity contribution in [2.75, 3.05) is 46.0 Å². The number of nitrogens with zero attached hydrogens (tertiary/aromatic N) is 5. The number of rotatable bonds is 9. The van der Waals surface area contributed by atoms with Gasteiger partial charge >= 0.3 is 0 Å². The van der Waals surface area contributed by atoms with Crippen LogP contribution in [0.1, 0.15) is 10.5 Å². The van der Waals surface area contributed by atoms with Gasteiger partial charge in [0.1, 0.15) is 23.9 Å². The molecule has 4 heterocycles. The van der Waals surface area contributed by atoms with Crippen molar-refractivity contribution >= 4 is 16.8 Å². The van der Waals surface area contributed by atoms with E-state index in [9.17, 15) is 14.0 Å². The van der Waals surface area contributed by atoms with E-state index in [0.29, 0.717) is 36.8 Å². The van der Waals surface area contributed by atoms with Crippen LogP contribution in [0, 0.1) is 5.82 Å². The first kappa shape index (κ1) is 24.6. The standard InChI is InChI=1S/C26H27FN6O4/c27-20-2-1-19-6-9-32(23(19)17-20)24-3-4-25(34)33(30-24)13-16-37-21-5-7-28-22(18-21)26(35)29-8-10-31-11-14-36-15-12-31/h1-7,9,17-18H,8,10-16H2,(H,29,35). The number of hydrogen-bond donors (Lipinski definition) is 1. The van der Waals surface area contributed by atoms with Crippen molar-refractivity contribution in [3.05, 3.63) is 82.8 Å². The lowest BCUT2D eigenvalue weighted by Crippen LogP contribution is -2.41. The highest BCUT2D eigenvalue weighted by Gasteiger charge is 2.13. The number of halogens is 1. The van der Waals surface area contributed by atoms with Gasteiger partial charge in [-0.05, 0) is 36.4 Å². The minimum Gasteiger partial charge on any atom is -0.492 e. The molecule has 4 aromatic rings. The average Bonchev–Trinajstić information content (AvgIpc) is 3.33. The maximum absolute atomic E-state index is 13.8. The normalized spacial score (nSPS) is 14.1. The maximum Gasteiger partial charge on any atom is 0.270 e. The van der Waals surface area contributed by atoms with Crippen LogP contribution in [0.25, 0.3) is 16.7 Å². The number of pyridine rings is 1. The number of carbonyl (C=O) groups excluding carboxylic acids is 1. The molecule has 1 amide bonds. The molecule has 0 unspecified atom stereocenters. The monoisotopic (exact) mass is 506 g/mol. The lowest BCUT2D eigenvalue weighted by Gasteiger charge is -2.26. The number of benzene rings is 1. The van der Waals surface area contributed by atoms with Gasteiger partial charge < -0.3 is 14.8 Å². The second-order valence-electron chi connectivity index (χ2n) is 8.58. The van der Waals surface area contributed by atoms with Crippen LogP contribution in [0.15, 0.2) is 65.7 Å². The molecular formula is C26H27FN6O4. The molecular weight excluding hydrogens is 479 g/mol. The largest absolute Gasteiger partial charge is 0.492 e. The highest BCUT2D eigenvalue weighted by atomic mass is 19.1. The summed E-state index contributed by atoms with van der Waals surface area (Å²) in [5.41, 5.74) is 0.620. The summed E-state index contributed by atoms with van der Waals surface area (Å²) in [6.45, 7) is 4.74. The lowest BCUT2D eigenvalue weighted by molar-refractivity contribution is 0.0383. The molecule has 11 heteroatoms. The number of nitrogens with one attached hydrogen (secondary N) is 1. The van der Waals surface area contributed by atoms with Gasteiger partial charge in [0.25, 0.3) is 11.5 Å². The molecule has 3 aromatic heterocycles. The van der Waals surface area contributed by atoms with Crippen molar-refractivity contribution < 1.29 is 18.7 Å². The van der Waals surface area contributed by atoms with Crippen molar-refractivity contribution in [3.8, 4) is 11.6 Å². The smallest absolute Gasteiger partial charge is 0.270 e. The molecule has 0 spiro atoms. The number of fused-ring (bicyclic) bond motifs is 1. The van der Waals surface area contributed by atoms with Gasteiger partial charge in [0, 0.05) is 56.1 Å². The van der Waals surface area contributed by atoms with Crippen molar-refractivity contribution in [2.24, 2.45) is 0 Å². The second-order valence-corrected chi connectivity index (χ2v) is 8.58. The van der Waals surface area contributed by atoms with Gasteiger partial charge in [-0.15, -0.1) is 0 Å². The Morgan fingerprint density at radius 2 is 1.95 bits per heavy atom. The summed E-state index contributed by atoms with van der Waals surface area (Å²) in [6, 6.07) is 12.6. The number of aromatic nitrogens is 4. The SMILES string of the molecule is O=C(NCCN1CCOCC1)c1cc(OCCn2nc(-n3ccc4ccc(F)cc43)ccc2=O)ccn1. The summed E-state index contributed by atoms with van der Waals surface area (Å²) in [5.74, 6) is 0.320. The van der Waals surface area contributed by atoms with E-state index in [1.165, 1.54) is 29.1 Å². The molecule has 37 heavy (non-hydrogen) atoms. The number of morpholine rings is 1. The fourth-order valence-electron chi connectivity index (χ4n) is 4.15. The second kappa shape index (κ2) is 11.3. The van der Waals surface area contributed by atoms with Crippen molar-refractivity contribution in [1.29, 1.82) is 0 Å². The van der Waals surface area contributed by atoms with Gasteiger partial charge in [-0.25, -0.2) is 9.07 Å². The van der Waals surface area contributed by atoms with Crippen molar-refractivity contribution in [2.45, 2.75) is 6.54 Å². The predicted octanol–water partition coefficient (Wildman–Crippen LogP) is 1.86. The summed E-state index contributed by atoms with van der Waals surface area (Å²) in [7, 11) is 0. The summed E-state index contributed by atoms with van der Waals surface area (Å²) in [5, 5.41) is 8.16. The fraction of sp³-hybridized carbons (Fsp3) is 0.308. The Bertz CT molecular complexity index is 1450. The van der Waals surface area contributed by atoms with Crippen LogP contribution in [-0.4, -0.2) is 76.1 Å². The van der Waals surface area contributed by atoms with E-state index < -0.39 is 0 Å². The molecule has 5 rings (SSSR count). The van der Waals surface area contributed by atoms with Gasteiger partial charge in [-0.3, -0.25) is 24.0 Å². The van der Waals surface area contributed by atoms with Gasteiger partial charge in [0.05, 0.1) is 25.3 Å². The predicted molar refractivity (Wildman–Crippen MR) is 135 cm³/mol. The summed E-state index contributed by atoms with van der Waals surface area (Å²) >= 11 is 0. The van der Waals surface area contributed by atoms with Gasteiger partial charge in [0.15, 0.2) is 5.82 Å².